The van der Waals surface area contributed by atoms with Gasteiger partial charge in [0.1, 0.15) is 5.15 Å². The fourth-order valence-electron chi connectivity index (χ4n) is 1.35. The number of aromatic nitrogens is 3. The standard InChI is InChI=1S/C9H8ClN7/c10-8-7(15-16-12)3-6(4-14-8)5-17-2-1-13-9(17)11/h1-4H,5H2,(H2,11,13). The highest BCUT2D eigenvalue weighted by atomic mass is 35.5. The minimum atomic E-state index is 0.171. The number of nitrogen functional groups attached to an aromatic ring is 1. The molecule has 0 bridgehead atoms. The van der Waals surface area contributed by atoms with Gasteiger partial charge in [0.25, 0.3) is 0 Å². The Morgan fingerprint density at radius 2 is 2.35 bits per heavy atom. The molecule has 0 amide bonds. The normalized spacial score (nSPS) is 9.94. The van der Waals surface area contributed by atoms with E-state index in [1.165, 1.54) is 0 Å². The molecule has 0 aliphatic rings. The van der Waals surface area contributed by atoms with Crippen molar-refractivity contribution < 1.29 is 0 Å². The van der Waals surface area contributed by atoms with E-state index in [0.29, 0.717) is 18.2 Å². The Morgan fingerprint density at radius 3 is 3.00 bits per heavy atom. The molecule has 2 rings (SSSR count). The second-order valence-electron chi connectivity index (χ2n) is 3.26. The van der Waals surface area contributed by atoms with Gasteiger partial charge in [-0.25, -0.2) is 9.97 Å². The molecule has 0 unspecified atom stereocenters. The van der Waals surface area contributed by atoms with Crippen molar-refractivity contribution in [3.05, 3.63) is 45.8 Å². The van der Waals surface area contributed by atoms with Crippen molar-refractivity contribution in [2.75, 3.05) is 5.73 Å². The second-order valence-corrected chi connectivity index (χ2v) is 3.61. The molecule has 0 aliphatic carbocycles. The van der Waals surface area contributed by atoms with E-state index in [9.17, 15) is 0 Å². The van der Waals surface area contributed by atoms with E-state index in [4.69, 9.17) is 22.9 Å². The molecule has 86 valence electrons. The zero-order valence-electron chi connectivity index (χ0n) is 8.66. The van der Waals surface area contributed by atoms with Crippen LogP contribution in [0.15, 0.2) is 29.8 Å². The van der Waals surface area contributed by atoms with Gasteiger partial charge in [0.05, 0.1) is 12.2 Å². The van der Waals surface area contributed by atoms with E-state index in [1.807, 2.05) is 0 Å². The van der Waals surface area contributed by atoms with Gasteiger partial charge in [0.15, 0.2) is 5.95 Å². The van der Waals surface area contributed by atoms with E-state index in [-0.39, 0.29) is 5.15 Å². The highest BCUT2D eigenvalue weighted by Crippen LogP contribution is 2.24. The molecule has 0 fully saturated rings. The van der Waals surface area contributed by atoms with Crippen LogP contribution in [0.2, 0.25) is 5.15 Å². The largest absolute Gasteiger partial charge is 0.369 e. The van der Waals surface area contributed by atoms with Crippen LogP contribution in [0.4, 0.5) is 11.6 Å². The number of hydrogen-bond acceptors (Lipinski definition) is 4. The average molecular weight is 250 g/mol. The SMILES string of the molecule is [N-]=[N+]=Nc1cc(Cn2ccnc2N)cnc1Cl. The van der Waals surface area contributed by atoms with Crippen LogP contribution in [-0.2, 0) is 6.54 Å². The summed E-state index contributed by atoms with van der Waals surface area (Å²) in [6, 6.07) is 1.66. The van der Waals surface area contributed by atoms with Gasteiger partial charge in [-0.2, -0.15) is 0 Å². The monoisotopic (exact) mass is 249 g/mol. The van der Waals surface area contributed by atoms with Gasteiger partial charge >= 0.3 is 0 Å². The summed E-state index contributed by atoms with van der Waals surface area (Å²) in [4.78, 5) is 10.5. The maximum atomic E-state index is 8.37. The quantitative estimate of drug-likeness (QED) is 0.391. The minimum absolute atomic E-state index is 0.171. The molecule has 0 radical (unpaired) electrons. The molecular weight excluding hydrogens is 242 g/mol. The molecule has 8 heteroatoms. The molecule has 2 aromatic heterocycles. The number of hydrogen-bond donors (Lipinski definition) is 1. The third kappa shape index (κ3) is 2.47. The average Bonchev–Trinajstić information content (AvgIpc) is 2.70. The molecule has 0 aliphatic heterocycles. The Kier molecular flexibility index (Phi) is 3.13. The molecule has 2 N–H and O–H groups in total. The first-order chi connectivity index (χ1) is 8.20. The topological polar surface area (TPSA) is 105 Å². The Labute approximate surface area is 101 Å². The predicted molar refractivity (Wildman–Crippen MR) is 63.8 cm³/mol. The lowest BCUT2D eigenvalue weighted by Crippen LogP contribution is -2.03. The number of nitrogens with zero attached hydrogens (tertiary/aromatic N) is 6. The third-order valence-corrected chi connectivity index (χ3v) is 2.42. The van der Waals surface area contributed by atoms with Crippen molar-refractivity contribution in [3.63, 3.8) is 0 Å². The van der Waals surface area contributed by atoms with Crippen molar-refractivity contribution in [2.24, 2.45) is 5.11 Å². The fourth-order valence-corrected chi connectivity index (χ4v) is 1.50. The van der Waals surface area contributed by atoms with Gasteiger partial charge < -0.3 is 10.3 Å². The van der Waals surface area contributed by atoms with Crippen molar-refractivity contribution in [1.82, 2.24) is 14.5 Å². The predicted octanol–water partition coefficient (Wildman–Crippen LogP) is 2.50. The van der Waals surface area contributed by atoms with Gasteiger partial charge in [-0.3, -0.25) is 0 Å². The Hall–Kier alpha value is -2.24. The summed E-state index contributed by atoms with van der Waals surface area (Å²) in [5, 5.41) is 3.62. The van der Waals surface area contributed by atoms with Crippen molar-refractivity contribution >= 4 is 23.2 Å². The molecule has 17 heavy (non-hydrogen) atoms. The van der Waals surface area contributed by atoms with Crippen LogP contribution in [0, 0.1) is 0 Å². The molecule has 2 aromatic rings. The van der Waals surface area contributed by atoms with Crippen molar-refractivity contribution in [1.29, 1.82) is 0 Å². The maximum absolute atomic E-state index is 8.37. The number of rotatable bonds is 3. The molecule has 0 aromatic carbocycles. The zero-order valence-corrected chi connectivity index (χ0v) is 9.41. The van der Waals surface area contributed by atoms with Crippen molar-refractivity contribution in [3.8, 4) is 0 Å². The van der Waals surface area contributed by atoms with Crippen LogP contribution in [0.1, 0.15) is 5.56 Å². The summed E-state index contributed by atoms with van der Waals surface area (Å²) in [6.07, 6.45) is 4.95. The van der Waals surface area contributed by atoms with Gasteiger partial charge in [0.2, 0.25) is 0 Å². The second kappa shape index (κ2) is 4.73. The van der Waals surface area contributed by atoms with Gasteiger partial charge in [-0.15, -0.1) is 0 Å². The maximum Gasteiger partial charge on any atom is 0.200 e. The van der Waals surface area contributed by atoms with Gasteiger partial charge in [-0.1, -0.05) is 16.7 Å². The van der Waals surface area contributed by atoms with Gasteiger partial charge in [-0.05, 0) is 17.2 Å². The minimum Gasteiger partial charge on any atom is -0.369 e. The Morgan fingerprint density at radius 1 is 1.53 bits per heavy atom. The molecule has 0 spiro atoms. The first kappa shape index (κ1) is 11.3. The van der Waals surface area contributed by atoms with E-state index < -0.39 is 0 Å². The fraction of sp³-hybridized carbons (Fsp3) is 0.111. The summed E-state index contributed by atoms with van der Waals surface area (Å²) >= 11 is 5.77. The highest BCUT2D eigenvalue weighted by Gasteiger charge is 2.04. The highest BCUT2D eigenvalue weighted by molar-refractivity contribution is 6.31. The summed E-state index contributed by atoms with van der Waals surface area (Å²) in [5.41, 5.74) is 15.1. The molecule has 0 atom stereocenters. The van der Waals surface area contributed by atoms with E-state index in [0.717, 1.165) is 5.56 Å². The number of pyridine rings is 1. The number of anilines is 1. The van der Waals surface area contributed by atoms with Crippen molar-refractivity contribution in [2.45, 2.75) is 6.54 Å². The molecule has 7 nitrogen and oxygen atoms in total. The van der Waals surface area contributed by atoms with Gasteiger partial charge in [0, 0.05) is 23.5 Å². The lowest BCUT2D eigenvalue weighted by Gasteiger charge is -2.05. The van der Waals surface area contributed by atoms with Crippen LogP contribution in [0.5, 0.6) is 0 Å². The smallest absolute Gasteiger partial charge is 0.200 e. The lowest BCUT2D eigenvalue weighted by atomic mass is 10.2. The first-order valence-electron chi connectivity index (χ1n) is 4.67. The van der Waals surface area contributed by atoms with Crippen LogP contribution in [0.25, 0.3) is 10.4 Å². The van der Waals surface area contributed by atoms with Crippen LogP contribution in [-0.4, -0.2) is 14.5 Å². The van der Waals surface area contributed by atoms with E-state index in [1.54, 1.807) is 29.2 Å². The summed E-state index contributed by atoms with van der Waals surface area (Å²) in [6.45, 7) is 0.490. The van der Waals surface area contributed by atoms with Crippen LogP contribution < -0.4 is 5.73 Å². The Bertz CT molecular complexity index is 585. The number of azide groups is 1. The van der Waals surface area contributed by atoms with E-state index >= 15 is 0 Å². The first-order valence-corrected chi connectivity index (χ1v) is 5.04. The van der Waals surface area contributed by atoms with E-state index in [2.05, 4.69) is 20.0 Å². The third-order valence-electron chi connectivity index (χ3n) is 2.13. The number of halogens is 1. The molecular formula is C9H8ClN7. The number of imidazole rings is 1. The Balaban J connectivity index is 2.31. The van der Waals surface area contributed by atoms with Crippen LogP contribution in [0.3, 0.4) is 0 Å². The van der Waals surface area contributed by atoms with Crippen LogP contribution >= 0.6 is 11.6 Å². The lowest BCUT2D eigenvalue weighted by molar-refractivity contribution is 0.806. The molecule has 0 saturated carbocycles. The molecule has 2 heterocycles. The summed E-state index contributed by atoms with van der Waals surface area (Å²) in [5.74, 6) is 0.408. The zero-order chi connectivity index (χ0) is 12.3. The molecule has 0 saturated heterocycles. The summed E-state index contributed by atoms with van der Waals surface area (Å²) in [7, 11) is 0. The summed E-state index contributed by atoms with van der Waals surface area (Å²) < 4.78 is 1.74. The number of nitrogens with two attached hydrogens (primary N) is 1.